The lowest BCUT2D eigenvalue weighted by Gasteiger charge is -2.11. The van der Waals surface area contributed by atoms with Gasteiger partial charge in [0.1, 0.15) is 0 Å². The number of nitrogens with zero attached hydrogens (tertiary/aromatic N) is 1. The maximum Gasteiger partial charge on any atom is 0.417 e. The highest BCUT2D eigenvalue weighted by Crippen LogP contribution is 2.31. The van der Waals surface area contributed by atoms with Crippen molar-refractivity contribution in [1.29, 1.82) is 0 Å². The molecule has 17 heavy (non-hydrogen) atoms. The molecule has 1 aromatic heterocycles. The molecule has 4 nitrogen and oxygen atoms in total. The average Bonchev–Trinajstić information content (AvgIpc) is 2.28. The summed E-state index contributed by atoms with van der Waals surface area (Å²) in [5.41, 5.74) is 0.206. The van der Waals surface area contributed by atoms with Crippen molar-refractivity contribution in [3.8, 4) is 0 Å². The molecule has 0 radical (unpaired) electrons. The van der Waals surface area contributed by atoms with E-state index in [9.17, 15) is 18.0 Å². The number of carbonyl (C=O) groups excluding carboxylic acids is 1. The molecule has 1 amide bonds. The van der Waals surface area contributed by atoms with Gasteiger partial charge in [0.2, 0.25) is 0 Å². The van der Waals surface area contributed by atoms with E-state index < -0.39 is 23.2 Å². The van der Waals surface area contributed by atoms with Crippen LogP contribution in [-0.2, 0) is 11.0 Å². The number of pyridine rings is 1. The van der Waals surface area contributed by atoms with Gasteiger partial charge in [0, 0.05) is 12.4 Å². The molecule has 1 rings (SSSR count). The minimum absolute atomic E-state index is 0.00659. The van der Waals surface area contributed by atoms with Gasteiger partial charge >= 0.3 is 6.18 Å². The van der Waals surface area contributed by atoms with E-state index in [0.717, 1.165) is 18.5 Å². The molecule has 0 bridgehead atoms. The second kappa shape index (κ2) is 5.44. The van der Waals surface area contributed by atoms with Gasteiger partial charge in [0.05, 0.1) is 17.7 Å². The average molecular weight is 246 g/mol. The zero-order chi connectivity index (χ0) is 12.9. The molecule has 0 fully saturated rings. The SMILES string of the molecule is C=CCONC(=O)c1cnccc1C(F)(F)F. The fourth-order valence-corrected chi connectivity index (χ4v) is 1.04. The second-order valence-corrected chi connectivity index (χ2v) is 2.95. The first-order chi connectivity index (χ1) is 7.96. The Labute approximate surface area is 95.1 Å². The molecule has 0 unspecified atom stereocenters. The maximum absolute atomic E-state index is 12.5. The number of nitrogens with one attached hydrogen (secondary N) is 1. The predicted octanol–water partition coefficient (Wildman–Crippen LogP) is 1.95. The number of amides is 1. The predicted molar refractivity (Wildman–Crippen MR) is 52.9 cm³/mol. The molecule has 0 aliphatic carbocycles. The van der Waals surface area contributed by atoms with Gasteiger partial charge in [-0.2, -0.15) is 13.2 Å². The third-order valence-electron chi connectivity index (χ3n) is 1.74. The number of hydrogen-bond donors (Lipinski definition) is 1. The lowest BCUT2D eigenvalue weighted by molar-refractivity contribution is -0.138. The Bertz CT molecular complexity index is 418. The first-order valence-corrected chi connectivity index (χ1v) is 4.51. The van der Waals surface area contributed by atoms with Gasteiger partial charge in [-0.15, -0.1) is 6.58 Å². The number of aromatic nitrogens is 1. The molecule has 1 aromatic rings. The van der Waals surface area contributed by atoms with Crippen molar-refractivity contribution in [1.82, 2.24) is 10.5 Å². The molecule has 0 aliphatic heterocycles. The van der Waals surface area contributed by atoms with E-state index in [4.69, 9.17) is 0 Å². The van der Waals surface area contributed by atoms with E-state index in [1.165, 1.54) is 6.08 Å². The minimum atomic E-state index is -4.62. The van der Waals surface area contributed by atoms with Crippen LogP contribution in [0.25, 0.3) is 0 Å². The van der Waals surface area contributed by atoms with Crippen LogP contribution in [0.15, 0.2) is 31.1 Å². The fraction of sp³-hybridized carbons (Fsp3) is 0.200. The lowest BCUT2D eigenvalue weighted by Crippen LogP contribution is -2.26. The van der Waals surface area contributed by atoms with Gasteiger partial charge in [0.15, 0.2) is 0 Å². The van der Waals surface area contributed by atoms with Crippen LogP contribution in [0, 0.1) is 0 Å². The number of rotatable bonds is 4. The summed E-state index contributed by atoms with van der Waals surface area (Å²) in [6, 6.07) is 0.725. The van der Waals surface area contributed by atoms with Crippen LogP contribution in [0.4, 0.5) is 13.2 Å². The Balaban J connectivity index is 2.90. The molecule has 0 spiro atoms. The van der Waals surface area contributed by atoms with Gasteiger partial charge < -0.3 is 0 Å². The van der Waals surface area contributed by atoms with Crippen LogP contribution in [0.5, 0.6) is 0 Å². The monoisotopic (exact) mass is 246 g/mol. The van der Waals surface area contributed by atoms with E-state index in [0.29, 0.717) is 0 Å². The molecule has 7 heteroatoms. The Morgan fingerprint density at radius 2 is 2.29 bits per heavy atom. The van der Waals surface area contributed by atoms with E-state index >= 15 is 0 Å². The molecule has 0 saturated carbocycles. The molecule has 92 valence electrons. The Morgan fingerprint density at radius 3 is 2.88 bits per heavy atom. The number of alkyl halides is 3. The van der Waals surface area contributed by atoms with E-state index in [-0.39, 0.29) is 6.61 Å². The summed E-state index contributed by atoms with van der Waals surface area (Å²) in [5, 5.41) is 0. The molecule has 0 saturated heterocycles. The highest BCUT2D eigenvalue weighted by Gasteiger charge is 2.35. The lowest BCUT2D eigenvalue weighted by atomic mass is 10.1. The molecule has 1 N–H and O–H groups in total. The largest absolute Gasteiger partial charge is 0.417 e. The summed E-state index contributed by atoms with van der Waals surface area (Å²) < 4.78 is 37.6. The summed E-state index contributed by atoms with van der Waals surface area (Å²) in [4.78, 5) is 19.4. The van der Waals surface area contributed by atoms with Crippen molar-refractivity contribution in [2.75, 3.05) is 6.61 Å². The van der Waals surface area contributed by atoms with Crippen molar-refractivity contribution in [3.63, 3.8) is 0 Å². The topological polar surface area (TPSA) is 51.2 Å². The van der Waals surface area contributed by atoms with Gasteiger partial charge in [0.25, 0.3) is 5.91 Å². The van der Waals surface area contributed by atoms with Crippen LogP contribution in [0.1, 0.15) is 15.9 Å². The molecule has 0 atom stereocenters. The Kier molecular flexibility index (Phi) is 4.22. The number of halogens is 3. The van der Waals surface area contributed by atoms with Crippen LogP contribution in [0.3, 0.4) is 0 Å². The first-order valence-electron chi connectivity index (χ1n) is 4.51. The third kappa shape index (κ3) is 3.56. The van der Waals surface area contributed by atoms with Crippen LogP contribution < -0.4 is 5.48 Å². The normalized spacial score (nSPS) is 11.0. The fourth-order valence-electron chi connectivity index (χ4n) is 1.04. The van der Waals surface area contributed by atoms with Crippen molar-refractivity contribution in [3.05, 3.63) is 42.2 Å². The second-order valence-electron chi connectivity index (χ2n) is 2.95. The third-order valence-corrected chi connectivity index (χ3v) is 1.74. The summed E-state index contributed by atoms with van der Waals surface area (Å²) in [5.74, 6) is -1.01. The molecule has 0 aliphatic rings. The van der Waals surface area contributed by atoms with Gasteiger partial charge in [-0.25, -0.2) is 5.48 Å². The highest BCUT2D eigenvalue weighted by atomic mass is 19.4. The number of hydrogen-bond acceptors (Lipinski definition) is 3. The van der Waals surface area contributed by atoms with E-state index in [2.05, 4.69) is 16.4 Å². The Morgan fingerprint density at radius 1 is 1.59 bits per heavy atom. The van der Waals surface area contributed by atoms with Crippen molar-refractivity contribution < 1.29 is 22.8 Å². The van der Waals surface area contributed by atoms with Gasteiger partial charge in [-0.1, -0.05) is 6.08 Å². The zero-order valence-corrected chi connectivity index (χ0v) is 8.62. The molecular weight excluding hydrogens is 237 g/mol. The maximum atomic E-state index is 12.5. The van der Waals surface area contributed by atoms with Crippen LogP contribution in [0.2, 0.25) is 0 Å². The van der Waals surface area contributed by atoms with Gasteiger partial charge in [-0.05, 0) is 6.07 Å². The summed E-state index contributed by atoms with van der Waals surface area (Å²) in [6.45, 7) is 3.31. The van der Waals surface area contributed by atoms with Gasteiger partial charge in [-0.3, -0.25) is 14.6 Å². The Hall–Kier alpha value is -1.89. The van der Waals surface area contributed by atoms with Crippen molar-refractivity contribution in [2.45, 2.75) is 6.18 Å². The van der Waals surface area contributed by atoms with E-state index in [1.54, 1.807) is 0 Å². The van der Waals surface area contributed by atoms with E-state index in [1.807, 2.05) is 5.48 Å². The van der Waals surface area contributed by atoms with Crippen molar-refractivity contribution in [2.24, 2.45) is 0 Å². The smallest absolute Gasteiger partial charge is 0.269 e. The summed E-state index contributed by atoms with van der Waals surface area (Å²) in [6.07, 6.45) is -1.48. The first kappa shape index (κ1) is 13.2. The number of carbonyl (C=O) groups is 1. The number of hydroxylamine groups is 1. The van der Waals surface area contributed by atoms with Crippen molar-refractivity contribution >= 4 is 5.91 Å². The summed E-state index contributed by atoms with van der Waals surface area (Å²) in [7, 11) is 0. The molecule has 0 aromatic carbocycles. The summed E-state index contributed by atoms with van der Waals surface area (Å²) >= 11 is 0. The van der Waals surface area contributed by atoms with Crippen LogP contribution in [-0.4, -0.2) is 17.5 Å². The highest BCUT2D eigenvalue weighted by molar-refractivity contribution is 5.94. The minimum Gasteiger partial charge on any atom is -0.269 e. The molecular formula is C10H9F3N2O2. The quantitative estimate of drug-likeness (QED) is 0.502. The standard InChI is InChI=1S/C10H9F3N2O2/c1-2-5-17-15-9(16)7-6-14-4-3-8(7)10(11,12)13/h2-4,6H,1,5H2,(H,15,16). The zero-order valence-electron chi connectivity index (χ0n) is 8.62. The van der Waals surface area contributed by atoms with Crippen LogP contribution >= 0.6 is 0 Å². The molecule has 1 heterocycles.